The van der Waals surface area contributed by atoms with Gasteiger partial charge in [0.1, 0.15) is 13.2 Å². The Morgan fingerprint density at radius 1 is 0.946 bits per heavy atom. The van der Waals surface area contributed by atoms with Gasteiger partial charge in [0.05, 0.1) is 26.1 Å². The molecule has 1 aliphatic heterocycles. The van der Waals surface area contributed by atoms with Gasteiger partial charge in [0, 0.05) is 19.0 Å². The molecule has 0 aliphatic carbocycles. The highest BCUT2D eigenvalue weighted by atomic mass is 16.5. The monoisotopic (exact) mass is 523 g/mol. The summed E-state index contributed by atoms with van der Waals surface area (Å²) >= 11 is 0. The van der Waals surface area contributed by atoms with Crippen LogP contribution < -0.4 is 0 Å². The first-order chi connectivity index (χ1) is 17.4. The smallest absolute Gasteiger partial charge is 0.312 e. The number of likely N-dealkylation sites (tertiary alicyclic amines) is 1. The molecular formula is C32H63N2O3+. The van der Waals surface area contributed by atoms with Crippen molar-refractivity contribution in [1.29, 1.82) is 0 Å². The van der Waals surface area contributed by atoms with E-state index in [1.807, 2.05) is 4.90 Å². The largest absolute Gasteiger partial charge is 0.459 e. The molecule has 0 saturated carbocycles. The van der Waals surface area contributed by atoms with Crippen LogP contribution in [0.25, 0.3) is 0 Å². The van der Waals surface area contributed by atoms with Crippen molar-refractivity contribution in [2.24, 2.45) is 17.3 Å². The molecule has 1 aliphatic rings. The third kappa shape index (κ3) is 13.0. The predicted octanol–water partition coefficient (Wildman–Crippen LogP) is 7.62. The van der Waals surface area contributed by atoms with Gasteiger partial charge in [-0.3, -0.25) is 9.59 Å². The molecule has 5 heteroatoms. The van der Waals surface area contributed by atoms with E-state index >= 15 is 0 Å². The Hall–Kier alpha value is -1.10. The summed E-state index contributed by atoms with van der Waals surface area (Å²) in [7, 11) is 4.50. The number of likely N-dealkylation sites (N-methyl/N-ethyl adjacent to an activating group) is 1. The molecule has 1 rings (SSSR count). The van der Waals surface area contributed by atoms with E-state index in [0.29, 0.717) is 25.4 Å². The molecule has 2 unspecified atom stereocenters. The average molecular weight is 524 g/mol. The normalized spacial score (nSPS) is 17.0. The number of carbonyl (C=O) groups is 2. The SMILES string of the molecule is CCCCCCCCCCCC[N+](C)(C)CCOC(=O)C(C)(CC(CC(C)C)N1CCCC1=O)C(C)C. The lowest BCUT2D eigenvalue weighted by molar-refractivity contribution is -0.890. The van der Waals surface area contributed by atoms with E-state index < -0.39 is 5.41 Å². The molecule has 0 spiro atoms. The van der Waals surface area contributed by atoms with Crippen LogP contribution in [0.3, 0.4) is 0 Å². The summed E-state index contributed by atoms with van der Waals surface area (Å²) in [4.78, 5) is 28.0. The molecule has 1 heterocycles. The van der Waals surface area contributed by atoms with Crippen molar-refractivity contribution in [2.45, 2.75) is 137 Å². The highest BCUT2D eigenvalue weighted by molar-refractivity contribution is 5.79. The third-order valence-corrected chi connectivity index (χ3v) is 8.74. The predicted molar refractivity (Wildman–Crippen MR) is 156 cm³/mol. The van der Waals surface area contributed by atoms with Crippen LogP contribution in [0.4, 0.5) is 0 Å². The third-order valence-electron chi connectivity index (χ3n) is 8.74. The summed E-state index contributed by atoms with van der Waals surface area (Å²) in [6.07, 6.45) is 16.7. The van der Waals surface area contributed by atoms with Gasteiger partial charge in [-0.15, -0.1) is 0 Å². The van der Waals surface area contributed by atoms with Gasteiger partial charge in [0.2, 0.25) is 5.91 Å². The number of hydrogen-bond acceptors (Lipinski definition) is 3. The maximum absolute atomic E-state index is 13.4. The van der Waals surface area contributed by atoms with Crippen molar-refractivity contribution < 1.29 is 18.8 Å². The Morgan fingerprint density at radius 2 is 1.51 bits per heavy atom. The number of amides is 1. The van der Waals surface area contributed by atoms with Gasteiger partial charge in [-0.25, -0.2) is 0 Å². The Bertz CT molecular complexity index is 646. The van der Waals surface area contributed by atoms with Crippen LogP contribution in [-0.2, 0) is 14.3 Å². The fraction of sp³-hybridized carbons (Fsp3) is 0.938. The van der Waals surface area contributed by atoms with Crippen molar-refractivity contribution >= 4 is 11.9 Å². The molecule has 0 N–H and O–H groups in total. The maximum Gasteiger partial charge on any atom is 0.312 e. The highest BCUT2D eigenvalue weighted by Crippen LogP contribution is 2.37. The van der Waals surface area contributed by atoms with E-state index in [1.165, 1.54) is 64.2 Å². The Labute approximate surface area is 230 Å². The molecule has 2 atom stereocenters. The Kier molecular flexibility index (Phi) is 16.0. The molecule has 0 bridgehead atoms. The van der Waals surface area contributed by atoms with Crippen molar-refractivity contribution in [3.8, 4) is 0 Å². The zero-order valence-electron chi connectivity index (χ0n) is 26.1. The molecule has 1 fully saturated rings. The number of nitrogens with zero attached hydrogens (tertiary/aromatic N) is 2. The second-order valence-electron chi connectivity index (χ2n) is 13.5. The van der Waals surface area contributed by atoms with Gasteiger partial charge in [-0.2, -0.15) is 0 Å². The molecule has 0 radical (unpaired) electrons. The first-order valence-electron chi connectivity index (χ1n) is 15.7. The fourth-order valence-corrected chi connectivity index (χ4v) is 5.65. The summed E-state index contributed by atoms with van der Waals surface area (Å²) in [6, 6.07) is 0.110. The average Bonchev–Trinajstić information content (AvgIpc) is 3.24. The number of ether oxygens (including phenoxy) is 1. The number of unbranched alkanes of at least 4 members (excludes halogenated alkanes) is 9. The van der Waals surface area contributed by atoms with E-state index in [-0.39, 0.29) is 23.8 Å². The lowest BCUT2D eigenvalue weighted by atomic mass is 9.73. The van der Waals surface area contributed by atoms with Gasteiger partial charge in [-0.05, 0) is 50.9 Å². The fourth-order valence-electron chi connectivity index (χ4n) is 5.65. The second kappa shape index (κ2) is 17.5. The van der Waals surface area contributed by atoms with Crippen LogP contribution in [0.1, 0.15) is 131 Å². The van der Waals surface area contributed by atoms with Crippen LogP contribution in [0, 0.1) is 17.3 Å². The van der Waals surface area contributed by atoms with Crippen molar-refractivity contribution in [3.63, 3.8) is 0 Å². The van der Waals surface area contributed by atoms with Gasteiger partial charge < -0.3 is 14.1 Å². The number of quaternary nitrogens is 1. The minimum absolute atomic E-state index is 0.0955. The molecular weight excluding hydrogens is 460 g/mol. The molecule has 1 saturated heterocycles. The standard InChI is InChI=1S/C32H63N2O3/c1-9-10-11-12-13-14-15-16-17-18-22-34(7,8)23-24-37-31(36)32(6,28(4)5)26-29(25-27(2)3)33-21-19-20-30(33)35/h27-29H,9-26H2,1-8H3/q+1. The topological polar surface area (TPSA) is 46.6 Å². The second-order valence-corrected chi connectivity index (χ2v) is 13.5. The quantitative estimate of drug-likeness (QED) is 0.0883. The molecule has 1 amide bonds. The molecule has 5 nitrogen and oxygen atoms in total. The van der Waals surface area contributed by atoms with E-state index in [4.69, 9.17) is 4.74 Å². The molecule has 0 aromatic rings. The van der Waals surface area contributed by atoms with Crippen LogP contribution in [0.2, 0.25) is 0 Å². The number of rotatable bonds is 21. The van der Waals surface area contributed by atoms with Gasteiger partial charge >= 0.3 is 5.97 Å². The van der Waals surface area contributed by atoms with Crippen LogP contribution >= 0.6 is 0 Å². The number of hydrogen-bond donors (Lipinski definition) is 0. The van der Waals surface area contributed by atoms with Crippen LogP contribution in [-0.4, -0.2) is 67.6 Å². The minimum atomic E-state index is -0.587. The van der Waals surface area contributed by atoms with E-state index in [0.717, 1.165) is 37.0 Å². The highest BCUT2D eigenvalue weighted by Gasteiger charge is 2.43. The maximum atomic E-state index is 13.4. The van der Waals surface area contributed by atoms with Gasteiger partial charge in [0.25, 0.3) is 0 Å². The van der Waals surface area contributed by atoms with E-state index in [1.54, 1.807) is 0 Å². The number of esters is 1. The van der Waals surface area contributed by atoms with Crippen LogP contribution in [0.15, 0.2) is 0 Å². The molecule has 0 aromatic heterocycles. The summed E-state index contributed by atoms with van der Waals surface area (Å²) in [5, 5.41) is 0. The number of carbonyl (C=O) groups excluding carboxylic acids is 2. The van der Waals surface area contributed by atoms with E-state index in [2.05, 4.69) is 55.6 Å². The van der Waals surface area contributed by atoms with Crippen molar-refractivity contribution in [2.75, 3.05) is 40.3 Å². The lowest BCUT2D eigenvalue weighted by Crippen LogP contribution is -2.47. The minimum Gasteiger partial charge on any atom is -0.459 e. The first kappa shape index (κ1) is 33.9. The summed E-state index contributed by atoms with van der Waals surface area (Å²) in [6.45, 7) is 16.2. The molecule has 0 aromatic carbocycles. The van der Waals surface area contributed by atoms with Gasteiger partial charge in [-0.1, -0.05) is 86.0 Å². The summed E-state index contributed by atoms with van der Waals surface area (Å²) < 4.78 is 6.83. The van der Waals surface area contributed by atoms with Crippen molar-refractivity contribution in [3.05, 3.63) is 0 Å². The van der Waals surface area contributed by atoms with Crippen LogP contribution in [0.5, 0.6) is 0 Å². The zero-order valence-corrected chi connectivity index (χ0v) is 26.1. The molecule has 218 valence electrons. The zero-order chi connectivity index (χ0) is 27.9. The van der Waals surface area contributed by atoms with Gasteiger partial charge in [0.15, 0.2) is 0 Å². The van der Waals surface area contributed by atoms with Crippen molar-refractivity contribution in [1.82, 2.24) is 4.90 Å². The molecule has 37 heavy (non-hydrogen) atoms. The Morgan fingerprint density at radius 3 is 2.00 bits per heavy atom. The van der Waals surface area contributed by atoms with E-state index in [9.17, 15) is 9.59 Å². The first-order valence-corrected chi connectivity index (χ1v) is 15.7. The summed E-state index contributed by atoms with van der Waals surface area (Å²) in [5.41, 5.74) is -0.587. The lowest BCUT2D eigenvalue weighted by Gasteiger charge is -2.39. The Balaban J connectivity index is 2.46. The summed E-state index contributed by atoms with van der Waals surface area (Å²) in [5.74, 6) is 0.786.